The van der Waals surface area contributed by atoms with Crippen molar-refractivity contribution in [3.05, 3.63) is 75.7 Å². The van der Waals surface area contributed by atoms with Crippen molar-refractivity contribution in [2.24, 2.45) is 0 Å². The molecule has 6 nitrogen and oxygen atoms in total. The molecule has 2 heterocycles. The zero-order chi connectivity index (χ0) is 23.9. The molecule has 2 aromatic carbocycles. The van der Waals surface area contributed by atoms with Gasteiger partial charge >= 0.3 is 11.9 Å². The Labute approximate surface area is 192 Å². The number of piperazine rings is 1. The van der Waals surface area contributed by atoms with E-state index in [-0.39, 0.29) is 17.1 Å². The van der Waals surface area contributed by atoms with Gasteiger partial charge in [-0.25, -0.2) is 4.79 Å². The summed E-state index contributed by atoms with van der Waals surface area (Å²) < 4.78 is 42.1. The molecule has 3 aromatic rings. The molecule has 0 saturated carbocycles. The molecule has 1 fully saturated rings. The molecule has 1 aliphatic rings. The molecule has 0 spiro atoms. The summed E-state index contributed by atoms with van der Waals surface area (Å²) in [5.74, 6) is 0.133. The number of aromatic nitrogens is 2. The van der Waals surface area contributed by atoms with Crippen molar-refractivity contribution in [2.75, 3.05) is 31.1 Å². The van der Waals surface area contributed by atoms with Crippen molar-refractivity contribution >= 4 is 34.2 Å². The monoisotopic (exact) mass is 476 g/mol. The highest BCUT2D eigenvalue weighted by molar-refractivity contribution is 6.32. The number of aryl methyl sites for hydroxylation is 1. The second kappa shape index (κ2) is 8.55. The first-order valence-corrected chi connectivity index (χ1v) is 10.6. The summed E-state index contributed by atoms with van der Waals surface area (Å²) in [5, 5.41) is 0.853. The minimum Gasteiger partial charge on any atom is -0.352 e. The fourth-order valence-electron chi connectivity index (χ4n) is 3.98. The number of carbonyl (C=O) groups excluding carboxylic acids is 1. The molecule has 0 radical (unpaired) electrons. The van der Waals surface area contributed by atoms with Crippen molar-refractivity contribution < 1.29 is 18.0 Å². The van der Waals surface area contributed by atoms with E-state index in [2.05, 4.69) is 11.6 Å². The topological polar surface area (TPSA) is 58.4 Å². The van der Waals surface area contributed by atoms with Gasteiger partial charge in [-0.15, -0.1) is 0 Å². The molecule has 4 rings (SSSR count). The molecule has 0 bridgehead atoms. The van der Waals surface area contributed by atoms with Crippen molar-refractivity contribution in [3.63, 3.8) is 0 Å². The highest BCUT2D eigenvalue weighted by atomic mass is 35.5. The molecular weight excluding hydrogens is 457 g/mol. The number of carbonyl (C=O) groups is 1. The Morgan fingerprint density at radius 3 is 2.45 bits per heavy atom. The first-order valence-electron chi connectivity index (χ1n) is 10.2. The number of fused-ring (bicyclic) bond motifs is 1. The van der Waals surface area contributed by atoms with Crippen LogP contribution in [0.2, 0.25) is 5.02 Å². The van der Waals surface area contributed by atoms with Gasteiger partial charge in [-0.05, 0) is 42.8 Å². The largest absolute Gasteiger partial charge is 0.418 e. The van der Waals surface area contributed by atoms with E-state index in [1.807, 2.05) is 4.90 Å². The van der Waals surface area contributed by atoms with Crippen molar-refractivity contribution in [3.8, 4) is 5.69 Å². The third-order valence-corrected chi connectivity index (χ3v) is 6.07. The Morgan fingerprint density at radius 1 is 1.15 bits per heavy atom. The molecule has 0 aliphatic carbocycles. The maximum atomic E-state index is 13.7. The van der Waals surface area contributed by atoms with Crippen LogP contribution in [-0.4, -0.2) is 46.5 Å². The van der Waals surface area contributed by atoms with Crippen LogP contribution in [0, 0.1) is 6.92 Å². The Bertz CT molecular complexity index is 1310. The number of hydrogen-bond acceptors (Lipinski definition) is 4. The molecule has 1 aromatic heterocycles. The number of amides is 1. The van der Waals surface area contributed by atoms with Crippen LogP contribution in [0.1, 0.15) is 11.1 Å². The van der Waals surface area contributed by atoms with Crippen LogP contribution in [0.25, 0.3) is 16.6 Å². The van der Waals surface area contributed by atoms with Crippen LogP contribution >= 0.6 is 11.6 Å². The van der Waals surface area contributed by atoms with E-state index in [9.17, 15) is 22.8 Å². The first-order chi connectivity index (χ1) is 15.6. The number of rotatable bonds is 3. The molecule has 0 atom stereocenters. The maximum absolute atomic E-state index is 13.7. The van der Waals surface area contributed by atoms with Crippen LogP contribution in [-0.2, 0) is 11.0 Å². The first kappa shape index (κ1) is 22.8. The summed E-state index contributed by atoms with van der Waals surface area (Å²) in [7, 11) is 0. The molecule has 1 saturated heterocycles. The van der Waals surface area contributed by atoms with E-state index in [1.54, 1.807) is 24.0 Å². The number of nitrogens with zero attached hydrogens (tertiary/aromatic N) is 4. The third-order valence-electron chi connectivity index (χ3n) is 5.67. The summed E-state index contributed by atoms with van der Waals surface area (Å²) in [6.45, 7) is 6.79. The lowest BCUT2D eigenvalue weighted by atomic mass is 10.1. The van der Waals surface area contributed by atoms with Gasteiger partial charge in [-0.1, -0.05) is 30.3 Å². The molecule has 0 N–H and O–H groups in total. The van der Waals surface area contributed by atoms with Gasteiger partial charge in [-0.2, -0.15) is 18.2 Å². The normalized spacial score (nSPS) is 14.6. The van der Waals surface area contributed by atoms with Crippen molar-refractivity contribution in [1.29, 1.82) is 0 Å². The zero-order valence-electron chi connectivity index (χ0n) is 17.7. The summed E-state index contributed by atoms with van der Waals surface area (Å²) in [6, 6.07) is 8.09. The van der Waals surface area contributed by atoms with E-state index in [4.69, 9.17) is 11.6 Å². The minimum atomic E-state index is -4.66. The Balaban J connectivity index is 1.91. The molecule has 172 valence electrons. The highest BCUT2D eigenvalue weighted by Gasteiger charge is 2.34. The number of benzene rings is 2. The predicted molar refractivity (Wildman–Crippen MR) is 121 cm³/mol. The second-order valence-corrected chi connectivity index (χ2v) is 8.11. The molecular formula is C23H20ClF3N4O2. The lowest BCUT2D eigenvalue weighted by Crippen LogP contribution is -2.49. The van der Waals surface area contributed by atoms with E-state index < -0.39 is 17.4 Å². The second-order valence-electron chi connectivity index (χ2n) is 7.70. The van der Waals surface area contributed by atoms with Crippen LogP contribution < -0.4 is 10.6 Å². The number of hydrogen-bond donors (Lipinski definition) is 0. The Kier molecular flexibility index (Phi) is 5.92. The number of anilines is 1. The fraction of sp³-hybridized carbons (Fsp3) is 0.261. The quantitative estimate of drug-likeness (QED) is 0.532. The maximum Gasteiger partial charge on any atom is 0.418 e. The van der Waals surface area contributed by atoms with Gasteiger partial charge in [0.25, 0.3) is 0 Å². The Morgan fingerprint density at radius 2 is 1.82 bits per heavy atom. The SMILES string of the molecule is C=CC(=O)N1CCN(c2nc(=O)n(-c3ccccc3C(F)(F)F)c3cc(C)c(Cl)cc23)CC1. The van der Waals surface area contributed by atoms with Gasteiger partial charge in [0.2, 0.25) is 5.91 Å². The smallest absolute Gasteiger partial charge is 0.352 e. The number of halogens is 4. The van der Waals surface area contributed by atoms with Crippen LogP contribution in [0.5, 0.6) is 0 Å². The van der Waals surface area contributed by atoms with Crippen molar-refractivity contribution in [2.45, 2.75) is 13.1 Å². The van der Waals surface area contributed by atoms with Gasteiger partial charge in [0.15, 0.2) is 0 Å². The van der Waals surface area contributed by atoms with E-state index in [1.165, 1.54) is 24.3 Å². The van der Waals surface area contributed by atoms with Gasteiger partial charge in [0.1, 0.15) is 5.82 Å². The van der Waals surface area contributed by atoms with E-state index in [0.29, 0.717) is 48.0 Å². The summed E-state index contributed by atoms with van der Waals surface area (Å²) >= 11 is 6.35. The van der Waals surface area contributed by atoms with Gasteiger partial charge in [-0.3, -0.25) is 9.36 Å². The average molecular weight is 477 g/mol. The lowest BCUT2D eigenvalue weighted by Gasteiger charge is -2.35. The summed E-state index contributed by atoms with van der Waals surface area (Å²) in [5.41, 5.74) is -1.19. The van der Waals surface area contributed by atoms with Crippen LogP contribution in [0.3, 0.4) is 0 Å². The molecule has 1 aliphatic heterocycles. The van der Waals surface area contributed by atoms with Crippen LogP contribution in [0.4, 0.5) is 19.0 Å². The number of alkyl halides is 3. The third kappa shape index (κ3) is 4.20. The van der Waals surface area contributed by atoms with E-state index >= 15 is 0 Å². The molecule has 33 heavy (non-hydrogen) atoms. The fourth-order valence-corrected chi connectivity index (χ4v) is 4.15. The molecule has 1 amide bonds. The lowest BCUT2D eigenvalue weighted by molar-refractivity contribution is -0.137. The van der Waals surface area contributed by atoms with Gasteiger partial charge in [0.05, 0.1) is 16.8 Å². The average Bonchev–Trinajstić information content (AvgIpc) is 2.79. The predicted octanol–water partition coefficient (Wildman–Crippen LogP) is 4.20. The van der Waals surface area contributed by atoms with Crippen molar-refractivity contribution in [1.82, 2.24) is 14.5 Å². The highest BCUT2D eigenvalue weighted by Crippen LogP contribution is 2.36. The van der Waals surface area contributed by atoms with Gasteiger partial charge in [0, 0.05) is 36.6 Å². The summed E-state index contributed by atoms with van der Waals surface area (Å²) in [6.07, 6.45) is -3.42. The summed E-state index contributed by atoms with van der Waals surface area (Å²) in [4.78, 5) is 32.7. The zero-order valence-corrected chi connectivity index (χ0v) is 18.5. The van der Waals surface area contributed by atoms with Gasteiger partial charge < -0.3 is 9.80 Å². The van der Waals surface area contributed by atoms with E-state index in [0.717, 1.165) is 10.6 Å². The van der Waals surface area contributed by atoms with Crippen LogP contribution in [0.15, 0.2) is 53.8 Å². The molecule has 10 heteroatoms. The Hall–Kier alpha value is -3.33. The number of para-hydroxylation sites is 1. The standard InChI is InChI=1S/C23H20ClF3N4O2/c1-3-20(32)29-8-10-30(11-9-29)21-15-13-17(24)14(2)12-19(15)31(22(33)28-21)18-7-5-4-6-16(18)23(25,26)27/h3-7,12-13H,1,8-11H2,2H3. The minimum absolute atomic E-state index is 0.190. The molecule has 0 unspecified atom stereocenters.